The van der Waals surface area contributed by atoms with E-state index in [4.69, 9.17) is 0 Å². The van der Waals surface area contributed by atoms with E-state index in [-0.39, 0.29) is 16.7 Å². The minimum absolute atomic E-state index is 0.149. The third kappa shape index (κ3) is 2.63. The second kappa shape index (κ2) is 4.74. The summed E-state index contributed by atoms with van der Waals surface area (Å²) >= 11 is 1.02. The molecule has 0 radical (unpaired) electrons. The molecule has 0 aliphatic heterocycles. The maximum absolute atomic E-state index is 12.3. The fourth-order valence-corrected chi connectivity index (χ4v) is 2.83. The zero-order valence-electron chi connectivity index (χ0n) is 9.89. The van der Waals surface area contributed by atoms with Crippen molar-refractivity contribution in [3.63, 3.8) is 0 Å². The molecule has 4 nitrogen and oxygen atoms in total. The number of alkyl halides is 3. The number of carbonyl (C=O) groups is 1. The highest BCUT2D eigenvalue weighted by molar-refractivity contribution is 7.88. The number of fused-ring (bicyclic) bond motifs is 1. The van der Waals surface area contributed by atoms with E-state index in [9.17, 15) is 26.4 Å². The molecule has 0 aliphatic carbocycles. The first-order chi connectivity index (χ1) is 9.12. The molecule has 1 aromatic carbocycles. The van der Waals surface area contributed by atoms with Crippen molar-refractivity contribution in [3.05, 3.63) is 29.1 Å². The Hall–Kier alpha value is -1.61. The minimum Gasteiger partial charge on any atom is -0.374 e. The van der Waals surface area contributed by atoms with Crippen molar-refractivity contribution in [2.45, 2.75) is 12.4 Å². The molecule has 0 amide bonds. The first kappa shape index (κ1) is 14.8. The lowest BCUT2D eigenvalue weighted by molar-refractivity contribution is -0.0499. The first-order valence-electron chi connectivity index (χ1n) is 5.15. The molecule has 1 heterocycles. The molecule has 0 bridgehead atoms. The van der Waals surface area contributed by atoms with Crippen molar-refractivity contribution in [3.8, 4) is 5.75 Å². The Kier molecular flexibility index (Phi) is 3.51. The molecule has 1 aromatic heterocycles. The van der Waals surface area contributed by atoms with Crippen molar-refractivity contribution in [2.24, 2.45) is 0 Å². The zero-order valence-corrected chi connectivity index (χ0v) is 11.5. The van der Waals surface area contributed by atoms with Gasteiger partial charge in [0.05, 0.1) is 0 Å². The molecule has 0 unspecified atom stereocenters. The van der Waals surface area contributed by atoms with Crippen molar-refractivity contribution in [1.82, 2.24) is 0 Å². The van der Waals surface area contributed by atoms with Gasteiger partial charge in [-0.3, -0.25) is 4.79 Å². The Balaban J connectivity index is 2.51. The van der Waals surface area contributed by atoms with Crippen molar-refractivity contribution in [2.75, 3.05) is 0 Å². The summed E-state index contributed by atoms with van der Waals surface area (Å²) in [6.07, 6.45) is 0. The Morgan fingerprint density at radius 1 is 1.30 bits per heavy atom. The molecular formula is C11H7F3O4S2. The molecule has 0 aliphatic rings. The van der Waals surface area contributed by atoms with Gasteiger partial charge in [-0.15, -0.1) is 11.3 Å². The van der Waals surface area contributed by atoms with Crippen LogP contribution in [0.25, 0.3) is 10.1 Å². The normalized spacial score (nSPS) is 12.6. The van der Waals surface area contributed by atoms with E-state index in [1.54, 1.807) is 0 Å². The fraction of sp³-hybridized carbons (Fsp3) is 0.182. The van der Waals surface area contributed by atoms with E-state index in [1.807, 2.05) is 0 Å². The Morgan fingerprint density at radius 2 is 1.95 bits per heavy atom. The van der Waals surface area contributed by atoms with Gasteiger partial charge >= 0.3 is 15.6 Å². The van der Waals surface area contributed by atoms with Crippen molar-refractivity contribution < 1.29 is 30.6 Å². The summed E-state index contributed by atoms with van der Waals surface area (Å²) in [5.41, 5.74) is -5.25. The van der Waals surface area contributed by atoms with Crippen LogP contribution in [0.5, 0.6) is 5.75 Å². The summed E-state index contributed by atoms with van der Waals surface area (Å²) in [5.74, 6) is -0.729. The van der Waals surface area contributed by atoms with Gasteiger partial charge in [0.25, 0.3) is 0 Å². The average Bonchev–Trinajstić information content (AvgIpc) is 2.69. The van der Waals surface area contributed by atoms with Crippen LogP contribution in [0, 0.1) is 0 Å². The number of benzene rings is 1. The largest absolute Gasteiger partial charge is 0.534 e. The molecular weight excluding hydrogens is 317 g/mol. The van der Waals surface area contributed by atoms with Gasteiger partial charge in [0.2, 0.25) is 0 Å². The molecule has 2 aromatic rings. The van der Waals surface area contributed by atoms with Crippen LogP contribution in [0.3, 0.4) is 0 Å². The maximum Gasteiger partial charge on any atom is 0.534 e. The Labute approximate surface area is 115 Å². The van der Waals surface area contributed by atoms with Crippen LogP contribution >= 0.6 is 11.3 Å². The van der Waals surface area contributed by atoms with Gasteiger partial charge in [0.1, 0.15) is 0 Å². The lowest BCUT2D eigenvalue weighted by atomic mass is 10.1. The van der Waals surface area contributed by atoms with Crippen molar-refractivity contribution in [1.29, 1.82) is 0 Å². The van der Waals surface area contributed by atoms with E-state index in [0.29, 0.717) is 4.70 Å². The third-order valence-corrected chi connectivity index (χ3v) is 4.34. The zero-order chi connectivity index (χ0) is 15.1. The molecule has 108 valence electrons. The SMILES string of the molecule is CC(=O)c1ccc2scc(OS(=O)(=O)C(F)(F)F)c2c1. The van der Waals surface area contributed by atoms with Gasteiger partial charge < -0.3 is 4.18 Å². The van der Waals surface area contributed by atoms with Gasteiger partial charge in [-0.05, 0) is 25.1 Å². The molecule has 0 atom stereocenters. The quantitative estimate of drug-likeness (QED) is 0.493. The second-order valence-corrected chi connectivity index (χ2v) is 6.30. The number of thiophene rings is 1. The standard InChI is InChI=1S/C11H7F3O4S2/c1-6(15)7-2-3-10-8(4-7)9(5-19-10)18-20(16,17)11(12,13)14/h2-5H,1H3. The topological polar surface area (TPSA) is 60.4 Å². The number of carbonyl (C=O) groups excluding carboxylic acids is 1. The molecule has 0 saturated heterocycles. The number of rotatable bonds is 3. The highest BCUT2D eigenvalue weighted by atomic mass is 32.2. The molecule has 2 rings (SSSR count). The molecule has 9 heteroatoms. The summed E-state index contributed by atoms with van der Waals surface area (Å²) in [4.78, 5) is 11.2. The van der Waals surface area contributed by atoms with E-state index in [1.165, 1.54) is 25.1 Å². The molecule has 0 fully saturated rings. The van der Waals surface area contributed by atoms with Crippen LogP contribution in [0.1, 0.15) is 17.3 Å². The van der Waals surface area contributed by atoms with E-state index >= 15 is 0 Å². The average molecular weight is 324 g/mol. The van der Waals surface area contributed by atoms with Crippen molar-refractivity contribution >= 4 is 37.3 Å². The fourth-order valence-electron chi connectivity index (χ4n) is 1.45. The Morgan fingerprint density at radius 3 is 2.50 bits per heavy atom. The lowest BCUT2D eigenvalue weighted by Gasteiger charge is -2.08. The minimum atomic E-state index is -5.72. The number of hydrogen-bond donors (Lipinski definition) is 0. The summed E-state index contributed by atoms with van der Waals surface area (Å²) in [7, 11) is -5.72. The van der Waals surface area contributed by atoms with Gasteiger partial charge in [-0.2, -0.15) is 21.6 Å². The van der Waals surface area contributed by atoms with Gasteiger partial charge in [-0.1, -0.05) is 0 Å². The first-order valence-corrected chi connectivity index (χ1v) is 7.43. The number of hydrogen-bond acceptors (Lipinski definition) is 5. The smallest absolute Gasteiger partial charge is 0.374 e. The highest BCUT2D eigenvalue weighted by Crippen LogP contribution is 2.36. The second-order valence-electron chi connectivity index (χ2n) is 3.85. The van der Waals surface area contributed by atoms with Crippen LogP contribution < -0.4 is 4.18 Å². The summed E-state index contributed by atoms with van der Waals surface area (Å²) in [6.45, 7) is 1.29. The number of ketones is 1. The maximum atomic E-state index is 12.3. The summed E-state index contributed by atoms with van der Waals surface area (Å²) in [5, 5.41) is 1.30. The van der Waals surface area contributed by atoms with Crippen LogP contribution in [0.15, 0.2) is 23.6 Å². The van der Waals surface area contributed by atoms with Crippen LogP contribution in [-0.2, 0) is 10.1 Å². The van der Waals surface area contributed by atoms with Crippen LogP contribution in [-0.4, -0.2) is 19.7 Å². The van der Waals surface area contributed by atoms with Crippen LogP contribution in [0.4, 0.5) is 13.2 Å². The van der Waals surface area contributed by atoms with E-state index in [0.717, 1.165) is 16.7 Å². The van der Waals surface area contributed by atoms with Gasteiger partial charge in [-0.25, -0.2) is 0 Å². The highest BCUT2D eigenvalue weighted by Gasteiger charge is 2.48. The monoisotopic (exact) mass is 324 g/mol. The Bertz CT molecular complexity index is 775. The molecule has 20 heavy (non-hydrogen) atoms. The van der Waals surface area contributed by atoms with Gasteiger partial charge in [0, 0.05) is 21.0 Å². The third-order valence-electron chi connectivity index (χ3n) is 2.43. The molecule has 0 saturated carbocycles. The van der Waals surface area contributed by atoms with Gasteiger partial charge in [0.15, 0.2) is 11.5 Å². The predicted molar refractivity (Wildman–Crippen MR) is 67.4 cm³/mol. The molecule has 0 spiro atoms. The number of halogens is 3. The lowest BCUT2D eigenvalue weighted by Crippen LogP contribution is -2.27. The van der Waals surface area contributed by atoms with E-state index < -0.39 is 21.4 Å². The summed E-state index contributed by atoms with van der Waals surface area (Å²) < 4.78 is 63.4. The summed E-state index contributed by atoms with van der Waals surface area (Å²) in [6, 6.07) is 4.32. The molecule has 0 N–H and O–H groups in total. The number of Topliss-reactive ketones (excluding diaryl/α,β-unsaturated/α-hetero) is 1. The van der Waals surface area contributed by atoms with Crippen LogP contribution in [0.2, 0.25) is 0 Å². The van der Waals surface area contributed by atoms with E-state index in [2.05, 4.69) is 4.18 Å². The predicted octanol–water partition coefficient (Wildman–Crippen LogP) is 3.33.